The molecule has 28 heavy (non-hydrogen) atoms. The third-order valence-electron chi connectivity index (χ3n) is 4.90. The van der Waals surface area contributed by atoms with E-state index in [0.29, 0.717) is 11.6 Å². The third kappa shape index (κ3) is 2.93. The summed E-state index contributed by atoms with van der Waals surface area (Å²) < 4.78 is 31.7. The van der Waals surface area contributed by atoms with E-state index >= 15 is 0 Å². The van der Waals surface area contributed by atoms with E-state index < -0.39 is 10.0 Å². The van der Waals surface area contributed by atoms with Gasteiger partial charge in [0.1, 0.15) is 4.90 Å². The molecule has 1 saturated carbocycles. The van der Waals surface area contributed by atoms with Crippen LogP contribution in [0.3, 0.4) is 0 Å². The summed E-state index contributed by atoms with van der Waals surface area (Å²) in [5.74, 6) is 0.514. The number of fused-ring (bicyclic) bond motifs is 1. The molecule has 1 N–H and O–H groups in total. The fraction of sp³-hybridized carbons (Fsp3) is 0.211. The number of hydrogen-bond acceptors (Lipinski definition) is 5. The molecule has 4 aromatic rings. The molecule has 0 atom stereocenters. The lowest BCUT2D eigenvalue weighted by molar-refractivity contribution is 0.601. The lowest BCUT2D eigenvalue weighted by Crippen LogP contribution is -2.13. The molecule has 0 bridgehead atoms. The molecule has 1 aliphatic carbocycles. The van der Waals surface area contributed by atoms with E-state index in [9.17, 15) is 8.42 Å². The van der Waals surface area contributed by atoms with Crippen LogP contribution in [0.5, 0.6) is 0 Å². The molecule has 0 spiro atoms. The summed E-state index contributed by atoms with van der Waals surface area (Å²) in [4.78, 5) is 4.48. The second-order valence-corrected chi connectivity index (χ2v) is 8.63. The Hall–Kier alpha value is -3.20. The van der Waals surface area contributed by atoms with Crippen molar-refractivity contribution >= 4 is 26.6 Å². The summed E-state index contributed by atoms with van der Waals surface area (Å²) in [6, 6.07) is 9.18. The van der Waals surface area contributed by atoms with Gasteiger partial charge in [-0.3, -0.25) is 14.4 Å². The van der Waals surface area contributed by atoms with E-state index in [1.807, 2.05) is 18.2 Å². The maximum Gasteiger partial charge on any atom is 0.265 e. The number of sulfonamides is 1. The zero-order valence-corrected chi connectivity index (χ0v) is 16.0. The number of pyridine rings is 1. The summed E-state index contributed by atoms with van der Waals surface area (Å²) in [5, 5.41) is 9.29. The monoisotopic (exact) mass is 394 g/mol. The van der Waals surface area contributed by atoms with Gasteiger partial charge in [0.2, 0.25) is 0 Å². The molecule has 0 radical (unpaired) electrons. The molecule has 8 nitrogen and oxygen atoms in total. The van der Waals surface area contributed by atoms with E-state index in [1.165, 1.54) is 12.4 Å². The Bertz CT molecular complexity index is 1290. The Kier molecular flexibility index (Phi) is 3.73. The first-order valence-corrected chi connectivity index (χ1v) is 10.4. The van der Waals surface area contributed by atoms with Gasteiger partial charge in [-0.25, -0.2) is 13.1 Å². The minimum absolute atomic E-state index is 0.0939. The van der Waals surface area contributed by atoms with Gasteiger partial charge in [0.05, 0.1) is 35.5 Å². The van der Waals surface area contributed by atoms with Crippen molar-refractivity contribution in [3.8, 4) is 5.69 Å². The molecule has 142 valence electrons. The summed E-state index contributed by atoms with van der Waals surface area (Å²) in [6.45, 7) is 0. The molecule has 0 saturated heterocycles. The highest BCUT2D eigenvalue weighted by atomic mass is 32.2. The summed E-state index contributed by atoms with van der Waals surface area (Å²) >= 11 is 0. The Morgan fingerprint density at radius 3 is 2.82 bits per heavy atom. The molecule has 9 heteroatoms. The fourth-order valence-corrected chi connectivity index (χ4v) is 4.28. The summed E-state index contributed by atoms with van der Waals surface area (Å²) in [7, 11) is -2.01. The van der Waals surface area contributed by atoms with Gasteiger partial charge < -0.3 is 0 Å². The van der Waals surface area contributed by atoms with Crippen molar-refractivity contribution in [1.82, 2.24) is 24.5 Å². The number of anilines is 1. The first-order valence-electron chi connectivity index (χ1n) is 8.96. The summed E-state index contributed by atoms with van der Waals surface area (Å²) in [6.07, 6.45) is 8.60. The van der Waals surface area contributed by atoms with Gasteiger partial charge in [-0.2, -0.15) is 10.2 Å². The minimum Gasteiger partial charge on any atom is -0.277 e. The van der Waals surface area contributed by atoms with Crippen molar-refractivity contribution in [2.75, 3.05) is 4.72 Å². The molecule has 0 aliphatic heterocycles. The van der Waals surface area contributed by atoms with Crippen LogP contribution in [0.1, 0.15) is 24.5 Å². The fourth-order valence-electron chi connectivity index (χ4n) is 3.29. The van der Waals surface area contributed by atoms with E-state index in [0.717, 1.165) is 35.1 Å². The van der Waals surface area contributed by atoms with E-state index in [1.54, 1.807) is 40.9 Å². The van der Waals surface area contributed by atoms with Crippen LogP contribution < -0.4 is 4.72 Å². The molecular weight excluding hydrogens is 376 g/mol. The van der Waals surface area contributed by atoms with Crippen LogP contribution >= 0.6 is 0 Å². The largest absolute Gasteiger partial charge is 0.277 e. The number of para-hydroxylation sites is 1. The Balaban J connectivity index is 1.47. The SMILES string of the molecule is Cn1ncc2cccc(NS(=O)(=O)c3cnn(-c4ccnc(C5CC5)c4)c3)c21. The van der Waals surface area contributed by atoms with Crippen LogP contribution in [0.15, 0.2) is 60.0 Å². The lowest BCUT2D eigenvalue weighted by Gasteiger charge is -2.08. The Labute approximate surface area is 161 Å². The second-order valence-electron chi connectivity index (χ2n) is 6.95. The normalized spacial score (nSPS) is 14.5. The maximum absolute atomic E-state index is 12.9. The highest BCUT2D eigenvalue weighted by Crippen LogP contribution is 2.39. The molecule has 5 rings (SSSR count). The van der Waals surface area contributed by atoms with Gasteiger partial charge in [0.15, 0.2) is 0 Å². The highest BCUT2D eigenvalue weighted by molar-refractivity contribution is 7.92. The Morgan fingerprint density at radius 1 is 1.14 bits per heavy atom. The number of nitrogens with zero attached hydrogens (tertiary/aromatic N) is 5. The van der Waals surface area contributed by atoms with Gasteiger partial charge in [0.25, 0.3) is 10.0 Å². The molecule has 0 amide bonds. The lowest BCUT2D eigenvalue weighted by atomic mass is 10.2. The zero-order valence-electron chi connectivity index (χ0n) is 15.1. The summed E-state index contributed by atoms with van der Waals surface area (Å²) in [5.41, 5.74) is 3.03. The topological polar surface area (TPSA) is 94.7 Å². The van der Waals surface area contributed by atoms with Gasteiger partial charge in [0, 0.05) is 30.2 Å². The first kappa shape index (κ1) is 16.9. The van der Waals surface area contributed by atoms with Crippen LogP contribution in [0.2, 0.25) is 0 Å². The predicted molar refractivity (Wildman–Crippen MR) is 105 cm³/mol. The number of rotatable bonds is 5. The van der Waals surface area contributed by atoms with Crippen molar-refractivity contribution in [2.24, 2.45) is 7.05 Å². The van der Waals surface area contributed by atoms with Crippen molar-refractivity contribution in [1.29, 1.82) is 0 Å². The van der Waals surface area contributed by atoms with Crippen molar-refractivity contribution < 1.29 is 8.42 Å². The van der Waals surface area contributed by atoms with Crippen molar-refractivity contribution in [2.45, 2.75) is 23.7 Å². The third-order valence-corrected chi connectivity index (χ3v) is 6.22. The predicted octanol–water partition coefficient (Wildman–Crippen LogP) is 2.83. The Morgan fingerprint density at radius 2 is 2.00 bits per heavy atom. The maximum atomic E-state index is 12.9. The first-order chi connectivity index (χ1) is 13.5. The number of nitrogens with one attached hydrogen (secondary N) is 1. The van der Waals surface area contributed by atoms with Crippen LogP contribution in [0.4, 0.5) is 5.69 Å². The smallest absolute Gasteiger partial charge is 0.265 e. The van der Waals surface area contributed by atoms with Crippen molar-refractivity contribution in [3.05, 3.63) is 60.8 Å². The average Bonchev–Trinajstić information content (AvgIpc) is 3.28. The van der Waals surface area contributed by atoms with Crippen LogP contribution in [-0.4, -0.2) is 33.0 Å². The molecular formula is C19H18N6O2S. The molecule has 0 unspecified atom stereocenters. The van der Waals surface area contributed by atoms with Gasteiger partial charge >= 0.3 is 0 Å². The number of aromatic nitrogens is 5. The van der Waals surface area contributed by atoms with Gasteiger partial charge in [-0.1, -0.05) is 12.1 Å². The van der Waals surface area contributed by atoms with Gasteiger partial charge in [-0.15, -0.1) is 0 Å². The number of aryl methyl sites for hydroxylation is 1. The molecule has 1 aliphatic rings. The van der Waals surface area contributed by atoms with E-state index in [2.05, 4.69) is 19.9 Å². The van der Waals surface area contributed by atoms with E-state index in [-0.39, 0.29) is 4.90 Å². The molecule has 1 fully saturated rings. The number of hydrogen-bond donors (Lipinski definition) is 1. The van der Waals surface area contributed by atoms with Crippen LogP contribution in [0, 0.1) is 0 Å². The molecule has 1 aromatic carbocycles. The van der Waals surface area contributed by atoms with E-state index in [4.69, 9.17) is 0 Å². The highest BCUT2D eigenvalue weighted by Gasteiger charge is 2.25. The molecule has 3 heterocycles. The average molecular weight is 394 g/mol. The second kappa shape index (κ2) is 6.16. The quantitative estimate of drug-likeness (QED) is 0.562. The standard InChI is InChI=1S/C19H18N6O2S/c1-24-19-14(10-21-24)3-2-4-17(19)23-28(26,27)16-11-22-25(12-16)15-7-8-20-18(9-15)13-5-6-13/h2-4,7-13,23H,5-6H2,1H3. The number of benzene rings is 1. The van der Waals surface area contributed by atoms with Crippen LogP contribution in [0.25, 0.3) is 16.6 Å². The minimum atomic E-state index is -3.79. The van der Waals surface area contributed by atoms with Gasteiger partial charge in [-0.05, 0) is 31.0 Å². The molecule has 3 aromatic heterocycles. The van der Waals surface area contributed by atoms with Crippen molar-refractivity contribution in [3.63, 3.8) is 0 Å². The zero-order chi connectivity index (χ0) is 19.3. The van der Waals surface area contributed by atoms with Crippen LogP contribution in [-0.2, 0) is 17.1 Å².